The first-order chi connectivity index (χ1) is 12.0. The lowest BCUT2D eigenvalue weighted by atomic mass is 10.2. The normalized spacial score (nSPS) is 12.7. The van der Waals surface area contributed by atoms with Crippen LogP contribution in [0.1, 0.15) is 17.0 Å². The van der Waals surface area contributed by atoms with Gasteiger partial charge in [-0.05, 0) is 17.7 Å². The molecule has 3 rings (SSSR count). The fourth-order valence-corrected chi connectivity index (χ4v) is 2.35. The van der Waals surface area contributed by atoms with E-state index in [2.05, 4.69) is 15.0 Å². The van der Waals surface area contributed by atoms with Gasteiger partial charge in [0.05, 0.1) is 12.1 Å². The number of aromatic nitrogens is 4. The Labute approximate surface area is 140 Å². The molecule has 0 saturated carbocycles. The molecule has 3 N–H and O–H groups in total. The number of aromatic amines is 1. The van der Waals surface area contributed by atoms with Crippen LogP contribution in [0.15, 0.2) is 29.2 Å². The van der Waals surface area contributed by atoms with Crippen LogP contribution < -0.4 is 11.4 Å². The highest BCUT2D eigenvalue weighted by atomic mass is 19.4. The summed E-state index contributed by atoms with van der Waals surface area (Å²) in [6, 6.07) is 2.43. The number of halogens is 6. The molecule has 0 aromatic carbocycles. The maximum atomic E-state index is 12.9. The number of nitrogens with one attached hydrogen (secondary N) is 1. The summed E-state index contributed by atoms with van der Waals surface area (Å²) in [6.45, 7) is -0.301. The number of nitrogens with two attached hydrogens (primary N) is 1. The molecule has 0 amide bonds. The van der Waals surface area contributed by atoms with Crippen molar-refractivity contribution in [3.63, 3.8) is 0 Å². The Balaban J connectivity index is 2.06. The Morgan fingerprint density at radius 1 is 1.08 bits per heavy atom. The average Bonchev–Trinajstić information content (AvgIpc) is 2.83. The first kappa shape index (κ1) is 17.8. The first-order valence-electron chi connectivity index (χ1n) is 6.95. The number of rotatable bonds is 2. The second-order valence-electron chi connectivity index (χ2n) is 5.35. The molecule has 26 heavy (non-hydrogen) atoms. The Kier molecular flexibility index (Phi) is 3.92. The largest absolute Gasteiger partial charge is 0.433 e. The molecular weight excluding hydrogens is 368 g/mol. The molecule has 6 nitrogen and oxygen atoms in total. The molecule has 0 spiro atoms. The lowest BCUT2D eigenvalue weighted by Gasteiger charge is -2.09. The molecule has 0 saturated heterocycles. The minimum Gasteiger partial charge on any atom is -0.382 e. The highest BCUT2D eigenvalue weighted by Gasteiger charge is 2.34. The van der Waals surface area contributed by atoms with Gasteiger partial charge in [0.2, 0.25) is 0 Å². The van der Waals surface area contributed by atoms with Gasteiger partial charge in [0.15, 0.2) is 0 Å². The molecule has 138 valence electrons. The van der Waals surface area contributed by atoms with Crippen molar-refractivity contribution in [3.05, 3.63) is 51.8 Å². The van der Waals surface area contributed by atoms with Gasteiger partial charge in [-0.15, -0.1) is 0 Å². The molecule has 3 aromatic rings. The predicted molar refractivity (Wildman–Crippen MR) is 78.1 cm³/mol. The van der Waals surface area contributed by atoms with E-state index in [4.69, 9.17) is 5.73 Å². The number of alkyl halides is 6. The number of imidazole rings is 1. The lowest BCUT2D eigenvalue weighted by molar-refractivity contribution is -0.141. The topological polar surface area (TPSA) is 89.6 Å². The van der Waals surface area contributed by atoms with Crippen molar-refractivity contribution in [2.75, 3.05) is 5.73 Å². The predicted octanol–water partition coefficient (Wildman–Crippen LogP) is 2.79. The molecule has 0 unspecified atom stereocenters. The van der Waals surface area contributed by atoms with Crippen molar-refractivity contribution in [1.82, 2.24) is 19.5 Å². The molecule has 3 heterocycles. The van der Waals surface area contributed by atoms with Crippen molar-refractivity contribution in [3.8, 4) is 0 Å². The van der Waals surface area contributed by atoms with Gasteiger partial charge in [0.25, 0.3) is 0 Å². The van der Waals surface area contributed by atoms with Crippen LogP contribution in [-0.4, -0.2) is 19.5 Å². The van der Waals surface area contributed by atoms with Gasteiger partial charge in [0.1, 0.15) is 22.7 Å². The van der Waals surface area contributed by atoms with Crippen LogP contribution in [-0.2, 0) is 18.9 Å². The molecule has 3 aromatic heterocycles. The zero-order valence-electron chi connectivity index (χ0n) is 12.6. The Morgan fingerprint density at radius 3 is 2.27 bits per heavy atom. The van der Waals surface area contributed by atoms with Crippen LogP contribution in [0.3, 0.4) is 0 Å². The van der Waals surface area contributed by atoms with Crippen molar-refractivity contribution in [2.24, 2.45) is 0 Å². The fourth-order valence-electron chi connectivity index (χ4n) is 2.35. The SMILES string of the molecule is Nc1nc(C(F)(F)F)cc2c1[nH]c(=O)n2Cc1ccc(C(F)(F)F)nc1. The summed E-state index contributed by atoms with van der Waals surface area (Å²) in [4.78, 5) is 20.8. The zero-order valence-corrected chi connectivity index (χ0v) is 12.6. The molecular formula is C14H9F6N5O. The number of pyridine rings is 2. The highest BCUT2D eigenvalue weighted by Crippen LogP contribution is 2.31. The van der Waals surface area contributed by atoms with E-state index in [0.717, 1.165) is 16.8 Å². The van der Waals surface area contributed by atoms with Crippen LogP contribution in [0.2, 0.25) is 0 Å². The minimum absolute atomic E-state index is 0.0946. The van der Waals surface area contributed by atoms with Gasteiger partial charge in [0, 0.05) is 6.20 Å². The van der Waals surface area contributed by atoms with Gasteiger partial charge in [-0.3, -0.25) is 9.55 Å². The molecule has 0 radical (unpaired) electrons. The number of anilines is 1. The maximum absolute atomic E-state index is 12.9. The summed E-state index contributed by atoms with van der Waals surface area (Å²) in [5, 5.41) is 0. The fraction of sp³-hybridized carbons (Fsp3) is 0.214. The number of fused-ring (bicyclic) bond motifs is 1. The summed E-state index contributed by atoms with van der Waals surface area (Å²) < 4.78 is 77.1. The number of hydrogen-bond acceptors (Lipinski definition) is 4. The summed E-state index contributed by atoms with van der Waals surface area (Å²) in [5.41, 5.74) is 2.18. The second kappa shape index (κ2) is 5.75. The molecule has 0 aliphatic heterocycles. The number of H-pyrrole nitrogens is 1. The molecule has 12 heteroatoms. The average molecular weight is 377 g/mol. The zero-order chi connectivity index (χ0) is 19.3. The summed E-state index contributed by atoms with van der Waals surface area (Å²) >= 11 is 0. The quantitative estimate of drug-likeness (QED) is 0.672. The van der Waals surface area contributed by atoms with Gasteiger partial charge in [-0.2, -0.15) is 26.3 Å². The van der Waals surface area contributed by atoms with Crippen LogP contribution in [0.4, 0.5) is 32.2 Å². The van der Waals surface area contributed by atoms with E-state index in [1.807, 2.05) is 0 Å². The van der Waals surface area contributed by atoms with Gasteiger partial charge >= 0.3 is 18.0 Å². The third-order valence-electron chi connectivity index (χ3n) is 3.54. The molecule has 0 atom stereocenters. The van der Waals surface area contributed by atoms with E-state index < -0.39 is 35.2 Å². The molecule has 0 fully saturated rings. The van der Waals surface area contributed by atoms with E-state index in [-0.39, 0.29) is 23.1 Å². The summed E-state index contributed by atoms with van der Waals surface area (Å²) in [5.74, 6) is -0.517. The van der Waals surface area contributed by atoms with Crippen LogP contribution in [0.5, 0.6) is 0 Å². The second-order valence-corrected chi connectivity index (χ2v) is 5.35. The van der Waals surface area contributed by atoms with Crippen LogP contribution >= 0.6 is 0 Å². The number of hydrogen-bond donors (Lipinski definition) is 2. The van der Waals surface area contributed by atoms with Crippen molar-refractivity contribution >= 4 is 16.9 Å². The Hall–Kier alpha value is -3.05. The minimum atomic E-state index is -4.78. The van der Waals surface area contributed by atoms with E-state index in [0.29, 0.717) is 12.1 Å². The third kappa shape index (κ3) is 3.21. The van der Waals surface area contributed by atoms with Crippen molar-refractivity contribution in [1.29, 1.82) is 0 Å². The summed E-state index contributed by atoms with van der Waals surface area (Å²) in [6.07, 6.45) is -8.52. The molecule has 0 aliphatic rings. The summed E-state index contributed by atoms with van der Waals surface area (Å²) in [7, 11) is 0. The van der Waals surface area contributed by atoms with Gasteiger partial charge < -0.3 is 10.7 Å². The van der Waals surface area contributed by atoms with Crippen LogP contribution in [0.25, 0.3) is 11.0 Å². The molecule has 0 aliphatic carbocycles. The standard InChI is InChI=1S/C14H9F6N5O/c15-13(16,17)8-2-1-6(4-22-8)5-25-7-3-9(14(18,19)20)23-11(21)10(7)24-12(25)26/h1-4H,5H2,(H2,21,23)(H,24,26). The number of nitrogen functional groups attached to an aromatic ring is 1. The number of nitrogens with zero attached hydrogens (tertiary/aromatic N) is 3. The van der Waals surface area contributed by atoms with Gasteiger partial charge in [-0.25, -0.2) is 9.78 Å². The van der Waals surface area contributed by atoms with E-state index in [1.165, 1.54) is 0 Å². The van der Waals surface area contributed by atoms with E-state index >= 15 is 0 Å². The maximum Gasteiger partial charge on any atom is 0.433 e. The Bertz CT molecular complexity index is 1020. The third-order valence-corrected chi connectivity index (χ3v) is 3.54. The van der Waals surface area contributed by atoms with E-state index in [9.17, 15) is 31.1 Å². The van der Waals surface area contributed by atoms with Crippen molar-refractivity contribution < 1.29 is 26.3 Å². The Morgan fingerprint density at radius 2 is 1.73 bits per heavy atom. The first-order valence-corrected chi connectivity index (χ1v) is 6.95. The van der Waals surface area contributed by atoms with Crippen molar-refractivity contribution in [2.45, 2.75) is 18.9 Å². The molecule has 0 bridgehead atoms. The smallest absolute Gasteiger partial charge is 0.382 e. The highest BCUT2D eigenvalue weighted by molar-refractivity contribution is 5.85. The monoisotopic (exact) mass is 377 g/mol. The van der Waals surface area contributed by atoms with Crippen LogP contribution in [0, 0.1) is 0 Å². The van der Waals surface area contributed by atoms with Gasteiger partial charge in [-0.1, -0.05) is 6.07 Å². The lowest BCUT2D eigenvalue weighted by Crippen LogP contribution is -2.18. The van der Waals surface area contributed by atoms with E-state index in [1.54, 1.807) is 0 Å².